The van der Waals surface area contributed by atoms with Crippen LogP contribution in [0.25, 0.3) is 10.2 Å². The Hall–Kier alpha value is -2.62. The Labute approximate surface area is 156 Å². The molecule has 0 aliphatic rings. The molecule has 144 valence electrons. The molecule has 0 bridgehead atoms. The molecule has 0 amide bonds. The smallest absolute Gasteiger partial charge is 0.422 e. The van der Waals surface area contributed by atoms with Crippen LogP contribution in [0, 0.1) is 13.8 Å². The molecule has 0 fully saturated rings. The molecule has 0 aliphatic carbocycles. The topological polar surface area (TPSA) is 79.9 Å². The minimum Gasteiger partial charge on any atom is -0.468 e. The Balaban J connectivity index is 1.74. The van der Waals surface area contributed by atoms with E-state index in [1.165, 1.54) is 23.6 Å². The summed E-state index contributed by atoms with van der Waals surface area (Å²) in [4.78, 5) is 25.2. The molecule has 0 radical (unpaired) electrons. The highest BCUT2D eigenvalue weighted by Crippen LogP contribution is 2.27. The fourth-order valence-corrected chi connectivity index (χ4v) is 3.54. The molecular formula is C17H17F3N4O2S. The summed E-state index contributed by atoms with van der Waals surface area (Å²) < 4.78 is 41.0. The lowest BCUT2D eigenvalue weighted by Gasteiger charge is -2.15. The van der Waals surface area contributed by atoms with Crippen LogP contribution in [-0.2, 0) is 0 Å². The van der Waals surface area contributed by atoms with Gasteiger partial charge in [-0.2, -0.15) is 13.2 Å². The predicted molar refractivity (Wildman–Crippen MR) is 97.5 cm³/mol. The standard InChI is InChI=1S/C17H17F3N4O2S/c1-8-10(3)27-16-13(8)15(25)23-14(24-16)9(2)22-11-4-5-12(21-6-11)26-7-17(18,19)20/h4-6,9,22H,7H2,1-3H3,(H,23,24,25). The summed E-state index contributed by atoms with van der Waals surface area (Å²) in [7, 11) is 0. The number of thiophene rings is 1. The van der Waals surface area contributed by atoms with Gasteiger partial charge in [-0.05, 0) is 32.4 Å². The van der Waals surface area contributed by atoms with E-state index < -0.39 is 12.8 Å². The van der Waals surface area contributed by atoms with Gasteiger partial charge in [-0.3, -0.25) is 4.79 Å². The van der Waals surface area contributed by atoms with Crippen molar-refractivity contribution in [1.29, 1.82) is 0 Å². The van der Waals surface area contributed by atoms with E-state index in [-0.39, 0.29) is 17.5 Å². The van der Waals surface area contributed by atoms with Crippen molar-refractivity contribution in [3.63, 3.8) is 0 Å². The van der Waals surface area contributed by atoms with Crippen molar-refractivity contribution < 1.29 is 17.9 Å². The van der Waals surface area contributed by atoms with Gasteiger partial charge in [-0.1, -0.05) is 0 Å². The van der Waals surface area contributed by atoms with Gasteiger partial charge < -0.3 is 15.0 Å². The van der Waals surface area contributed by atoms with Crippen molar-refractivity contribution in [2.45, 2.75) is 33.0 Å². The zero-order chi connectivity index (χ0) is 19.8. The quantitative estimate of drug-likeness (QED) is 0.676. The van der Waals surface area contributed by atoms with Gasteiger partial charge >= 0.3 is 6.18 Å². The van der Waals surface area contributed by atoms with Crippen molar-refractivity contribution >= 4 is 27.2 Å². The lowest BCUT2D eigenvalue weighted by molar-refractivity contribution is -0.154. The Morgan fingerprint density at radius 2 is 2.07 bits per heavy atom. The van der Waals surface area contributed by atoms with E-state index in [4.69, 9.17) is 0 Å². The number of pyridine rings is 1. The molecule has 0 aliphatic heterocycles. The largest absolute Gasteiger partial charge is 0.468 e. The maximum Gasteiger partial charge on any atom is 0.422 e. The number of alkyl halides is 3. The van der Waals surface area contributed by atoms with Crippen LogP contribution in [0.5, 0.6) is 5.88 Å². The predicted octanol–water partition coefficient (Wildman–Crippen LogP) is 4.11. The van der Waals surface area contributed by atoms with Crippen molar-refractivity contribution in [2.24, 2.45) is 0 Å². The summed E-state index contributed by atoms with van der Waals surface area (Å²) in [6.07, 6.45) is -3.06. The minimum absolute atomic E-state index is 0.122. The number of ether oxygens (including phenoxy) is 1. The first-order chi connectivity index (χ1) is 12.6. The highest BCUT2D eigenvalue weighted by Gasteiger charge is 2.28. The second kappa shape index (κ2) is 7.18. The molecule has 0 saturated heterocycles. The Kier molecular flexibility index (Phi) is 5.09. The SMILES string of the molecule is Cc1sc2nc(C(C)Nc3ccc(OCC(F)(F)F)nc3)[nH]c(=O)c2c1C. The molecule has 2 N–H and O–H groups in total. The molecule has 3 aromatic rings. The number of nitrogens with zero attached hydrogens (tertiary/aromatic N) is 2. The van der Waals surface area contributed by atoms with Crippen molar-refractivity contribution in [3.05, 3.63) is 44.9 Å². The van der Waals surface area contributed by atoms with Gasteiger partial charge in [0.25, 0.3) is 5.56 Å². The summed E-state index contributed by atoms with van der Waals surface area (Å²) in [5.74, 6) is 0.342. The van der Waals surface area contributed by atoms with Crippen molar-refractivity contribution in [1.82, 2.24) is 15.0 Å². The van der Waals surface area contributed by atoms with Crippen molar-refractivity contribution in [3.8, 4) is 5.88 Å². The number of hydrogen-bond acceptors (Lipinski definition) is 6. The van der Waals surface area contributed by atoms with Crippen LogP contribution >= 0.6 is 11.3 Å². The molecule has 3 heterocycles. The normalized spacial score (nSPS) is 13.0. The van der Waals surface area contributed by atoms with E-state index in [0.29, 0.717) is 21.7 Å². The van der Waals surface area contributed by atoms with E-state index in [0.717, 1.165) is 10.4 Å². The van der Waals surface area contributed by atoms with Gasteiger partial charge in [-0.25, -0.2) is 9.97 Å². The maximum atomic E-state index is 12.4. The second-order valence-electron chi connectivity index (χ2n) is 6.07. The van der Waals surface area contributed by atoms with Gasteiger partial charge in [0.15, 0.2) is 6.61 Å². The molecule has 3 aromatic heterocycles. The van der Waals surface area contributed by atoms with Gasteiger partial charge in [0, 0.05) is 10.9 Å². The number of H-pyrrole nitrogens is 1. The zero-order valence-electron chi connectivity index (χ0n) is 14.8. The molecule has 3 rings (SSSR count). The van der Waals surface area contributed by atoms with E-state index in [2.05, 4.69) is 25.0 Å². The lowest BCUT2D eigenvalue weighted by atomic mass is 10.2. The summed E-state index contributed by atoms with van der Waals surface area (Å²) in [5, 5.41) is 3.70. The van der Waals surface area contributed by atoms with Crippen LogP contribution in [0.2, 0.25) is 0 Å². The maximum absolute atomic E-state index is 12.4. The molecule has 0 spiro atoms. The van der Waals surface area contributed by atoms with Crippen LogP contribution in [-0.4, -0.2) is 27.7 Å². The third-order valence-corrected chi connectivity index (χ3v) is 5.07. The highest BCUT2D eigenvalue weighted by molar-refractivity contribution is 7.18. The van der Waals surface area contributed by atoms with Crippen molar-refractivity contribution in [2.75, 3.05) is 11.9 Å². The number of aromatic nitrogens is 3. The first-order valence-electron chi connectivity index (χ1n) is 8.06. The molecular weight excluding hydrogens is 381 g/mol. The third-order valence-electron chi connectivity index (χ3n) is 3.97. The number of halogens is 3. The van der Waals surface area contributed by atoms with Gasteiger partial charge in [0.1, 0.15) is 10.7 Å². The zero-order valence-corrected chi connectivity index (χ0v) is 15.6. The Morgan fingerprint density at radius 3 is 2.70 bits per heavy atom. The first kappa shape index (κ1) is 19.2. The van der Waals surface area contributed by atoms with Crippen LogP contribution < -0.4 is 15.6 Å². The first-order valence-corrected chi connectivity index (χ1v) is 8.88. The van der Waals surface area contributed by atoms with Crippen LogP contribution in [0.15, 0.2) is 23.1 Å². The van der Waals surface area contributed by atoms with E-state index in [9.17, 15) is 18.0 Å². The highest BCUT2D eigenvalue weighted by atomic mass is 32.1. The Bertz CT molecular complexity index is 1010. The fourth-order valence-electron chi connectivity index (χ4n) is 2.50. The van der Waals surface area contributed by atoms with Crippen LogP contribution in [0.3, 0.4) is 0 Å². The number of aryl methyl sites for hydroxylation is 2. The summed E-state index contributed by atoms with van der Waals surface area (Å²) in [6.45, 7) is 4.25. The number of anilines is 1. The number of rotatable bonds is 5. The average molecular weight is 398 g/mol. The Morgan fingerprint density at radius 1 is 1.33 bits per heavy atom. The second-order valence-corrected chi connectivity index (χ2v) is 7.27. The van der Waals surface area contributed by atoms with E-state index >= 15 is 0 Å². The number of nitrogens with one attached hydrogen (secondary N) is 2. The molecule has 0 aromatic carbocycles. The summed E-state index contributed by atoms with van der Waals surface area (Å²) >= 11 is 1.46. The minimum atomic E-state index is -4.41. The van der Waals surface area contributed by atoms with Gasteiger partial charge in [0.05, 0.1) is 23.3 Å². The number of aromatic amines is 1. The third kappa shape index (κ3) is 4.38. The molecule has 10 heteroatoms. The molecule has 1 atom stereocenters. The van der Waals surface area contributed by atoms with E-state index in [1.807, 2.05) is 20.8 Å². The summed E-state index contributed by atoms with van der Waals surface area (Å²) in [5.41, 5.74) is 1.29. The van der Waals surface area contributed by atoms with E-state index in [1.54, 1.807) is 6.07 Å². The lowest BCUT2D eigenvalue weighted by Crippen LogP contribution is -2.19. The molecule has 1 unspecified atom stereocenters. The number of fused-ring (bicyclic) bond motifs is 1. The molecule has 6 nitrogen and oxygen atoms in total. The van der Waals surface area contributed by atoms with Crippen LogP contribution in [0.1, 0.15) is 29.2 Å². The number of hydrogen-bond donors (Lipinski definition) is 2. The van der Waals surface area contributed by atoms with Gasteiger partial charge in [0.2, 0.25) is 5.88 Å². The van der Waals surface area contributed by atoms with Crippen LogP contribution in [0.4, 0.5) is 18.9 Å². The fraction of sp³-hybridized carbons (Fsp3) is 0.353. The molecule has 0 saturated carbocycles. The molecule has 27 heavy (non-hydrogen) atoms. The monoisotopic (exact) mass is 398 g/mol. The average Bonchev–Trinajstić information content (AvgIpc) is 2.88. The van der Waals surface area contributed by atoms with Gasteiger partial charge in [-0.15, -0.1) is 11.3 Å². The summed E-state index contributed by atoms with van der Waals surface area (Å²) in [6, 6.07) is 2.55.